The lowest BCUT2D eigenvalue weighted by molar-refractivity contribution is 0.488. The lowest BCUT2D eigenvalue weighted by Gasteiger charge is -2.13. The number of aromatic nitrogens is 2. The molecule has 17 heavy (non-hydrogen) atoms. The van der Waals surface area contributed by atoms with Crippen LogP contribution in [0.4, 0.5) is 0 Å². The van der Waals surface area contributed by atoms with Crippen LogP contribution in [0.5, 0.6) is 0 Å². The van der Waals surface area contributed by atoms with E-state index in [1.807, 2.05) is 6.20 Å². The summed E-state index contributed by atoms with van der Waals surface area (Å²) >= 11 is 0. The Morgan fingerprint density at radius 1 is 1.35 bits per heavy atom. The van der Waals surface area contributed by atoms with Crippen molar-refractivity contribution in [3.05, 3.63) is 18.0 Å². The molecule has 1 rings (SSSR count). The van der Waals surface area contributed by atoms with Crippen LogP contribution in [0.25, 0.3) is 0 Å². The van der Waals surface area contributed by atoms with Crippen LogP contribution in [0.15, 0.2) is 12.4 Å². The van der Waals surface area contributed by atoms with E-state index in [9.17, 15) is 0 Å². The lowest BCUT2D eigenvalue weighted by Crippen LogP contribution is -2.19. The summed E-state index contributed by atoms with van der Waals surface area (Å²) in [5, 5.41) is 7.92. The van der Waals surface area contributed by atoms with Crippen LogP contribution in [-0.2, 0) is 6.54 Å². The molecule has 0 aliphatic heterocycles. The highest BCUT2D eigenvalue weighted by atomic mass is 15.3. The van der Waals surface area contributed by atoms with Gasteiger partial charge < -0.3 is 5.32 Å². The lowest BCUT2D eigenvalue weighted by atomic mass is 10.1. The zero-order valence-corrected chi connectivity index (χ0v) is 11.7. The van der Waals surface area contributed by atoms with Crippen molar-refractivity contribution in [1.29, 1.82) is 0 Å². The molecule has 3 nitrogen and oxygen atoms in total. The number of nitrogens with one attached hydrogen (secondary N) is 1. The van der Waals surface area contributed by atoms with E-state index < -0.39 is 0 Å². The summed E-state index contributed by atoms with van der Waals surface area (Å²) in [5.74, 6) is 0.787. The summed E-state index contributed by atoms with van der Waals surface area (Å²) < 4.78 is 2.08. The Morgan fingerprint density at radius 3 is 2.71 bits per heavy atom. The van der Waals surface area contributed by atoms with Gasteiger partial charge in [0.2, 0.25) is 0 Å². The fraction of sp³-hybridized carbons (Fsp3) is 0.786. The Labute approximate surface area is 106 Å². The number of hydrogen-bond acceptors (Lipinski definition) is 2. The van der Waals surface area contributed by atoms with E-state index in [0.29, 0.717) is 6.04 Å². The third-order valence-corrected chi connectivity index (χ3v) is 3.08. The zero-order valence-electron chi connectivity index (χ0n) is 11.7. The normalized spacial score (nSPS) is 13.2. The van der Waals surface area contributed by atoms with Gasteiger partial charge in [-0.3, -0.25) is 4.68 Å². The molecule has 1 aromatic rings. The van der Waals surface area contributed by atoms with Crippen molar-refractivity contribution in [2.24, 2.45) is 5.92 Å². The molecular formula is C14H27N3. The molecule has 0 saturated carbocycles. The van der Waals surface area contributed by atoms with Crippen LogP contribution in [0.1, 0.15) is 58.6 Å². The van der Waals surface area contributed by atoms with Gasteiger partial charge in [-0.15, -0.1) is 0 Å². The van der Waals surface area contributed by atoms with Crippen molar-refractivity contribution in [1.82, 2.24) is 15.1 Å². The molecule has 0 aliphatic rings. The Hall–Kier alpha value is -0.830. The van der Waals surface area contributed by atoms with Gasteiger partial charge in [0.1, 0.15) is 0 Å². The number of hydrogen-bond donors (Lipinski definition) is 1. The van der Waals surface area contributed by atoms with Crippen LogP contribution in [0.2, 0.25) is 0 Å². The first kappa shape index (κ1) is 14.2. The molecule has 3 heteroatoms. The minimum Gasteiger partial charge on any atom is -0.310 e. The van der Waals surface area contributed by atoms with Crippen molar-refractivity contribution in [3.63, 3.8) is 0 Å². The van der Waals surface area contributed by atoms with Gasteiger partial charge >= 0.3 is 0 Å². The standard InChI is InChI=1S/C14H27N3/c1-5-14(15-6-2)13-10-16-17(11-13)9-7-8-12(3)4/h10-12,14-15H,5-9H2,1-4H3. The van der Waals surface area contributed by atoms with Gasteiger partial charge in [-0.1, -0.05) is 27.7 Å². The fourth-order valence-electron chi connectivity index (χ4n) is 2.09. The van der Waals surface area contributed by atoms with E-state index in [1.165, 1.54) is 18.4 Å². The Kier molecular flexibility index (Phi) is 6.27. The van der Waals surface area contributed by atoms with Gasteiger partial charge in [0.25, 0.3) is 0 Å². The van der Waals surface area contributed by atoms with E-state index >= 15 is 0 Å². The van der Waals surface area contributed by atoms with E-state index in [2.05, 4.69) is 49.0 Å². The van der Waals surface area contributed by atoms with E-state index in [-0.39, 0.29) is 0 Å². The summed E-state index contributed by atoms with van der Waals surface area (Å²) in [6.45, 7) is 11.0. The molecule has 0 radical (unpaired) electrons. The van der Waals surface area contributed by atoms with Crippen molar-refractivity contribution in [3.8, 4) is 0 Å². The van der Waals surface area contributed by atoms with Crippen molar-refractivity contribution in [2.75, 3.05) is 6.54 Å². The van der Waals surface area contributed by atoms with Crippen LogP contribution < -0.4 is 5.32 Å². The quantitative estimate of drug-likeness (QED) is 0.751. The first-order valence-corrected chi connectivity index (χ1v) is 6.93. The molecule has 0 aliphatic carbocycles. The summed E-state index contributed by atoms with van der Waals surface area (Å²) in [7, 11) is 0. The minimum absolute atomic E-state index is 0.457. The molecule has 1 unspecified atom stereocenters. The molecule has 0 spiro atoms. The summed E-state index contributed by atoms with van der Waals surface area (Å²) in [4.78, 5) is 0. The highest BCUT2D eigenvalue weighted by Crippen LogP contribution is 2.15. The van der Waals surface area contributed by atoms with E-state index in [4.69, 9.17) is 0 Å². The van der Waals surface area contributed by atoms with Gasteiger partial charge in [-0.05, 0) is 31.7 Å². The fourth-order valence-corrected chi connectivity index (χ4v) is 2.09. The number of nitrogens with zero attached hydrogens (tertiary/aromatic N) is 2. The maximum absolute atomic E-state index is 4.44. The number of aryl methyl sites for hydroxylation is 1. The second kappa shape index (κ2) is 7.49. The largest absolute Gasteiger partial charge is 0.310 e. The molecule has 1 atom stereocenters. The highest BCUT2D eigenvalue weighted by Gasteiger charge is 2.09. The SMILES string of the molecule is CCNC(CC)c1cnn(CCCC(C)C)c1. The van der Waals surface area contributed by atoms with E-state index in [0.717, 1.165) is 25.4 Å². The van der Waals surface area contributed by atoms with Crippen molar-refractivity contribution >= 4 is 0 Å². The van der Waals surface area contributed by atoms with Crippen LogP contribution in [0.3, 0.4) is 0 Å². The average Bonchev–Trinajstić information content (AvgIpc) is 2.74. The summed E-state index contributed by atoms with van der Waals surface area (Å²) in [6.07, 6.45) is 7.81. The predicted octanol–water partition coefficient (Wildman–Crippen LogP) is 3.38. The molecule has 0 aromatic carbocycles. The van der Waals surface area contributed by atoms with Crippen molar-refractivity contribution in [2.45, 2.75) is 59.5 Å². The van der Waals surface area contributed by atoms with Gasteiger partial charge in [0.15, 0.2) is 0 Å². The second-order valence-corrected chi connectivity index (χ2v) is 5.09. The summed E-state index contributed by atoms with van der Waals surface area (Å²) in [5.41, 5.74) is 1.32. The third kappa shape index (κ3) is 4.90. The first-order chi connectivity index (χ1) is 8.17. The molecule has 1 aromatic heterocycles. The maximum Gasteiger partial charge on any atom is 0.0537 e. The molecule has 0 fully saturated rings. The predicted molar refractivity (Wildman–Crippen MR) is 73.0 cm³/mol. The summed E-state index contributed by atoms with van der Waals surface area (Å²) in [6, 6.07) is 0.457. The zero-order chi connectivity index (χ0) is 12.7. The molecule has 0 saturated heterocycles. The molecule has 0 amide bonds. The molecule has 1 N–H and O–H groups in total. The monoisotopic (exact) mass is 237 g/mol. The molecule has 0 bridgehead atoms. The van der Waals surface area contributed by atoms with Gasteiger partial charge in [0, 0.05) is 24.3 Å². The van der Waals surface area contributed by atoms with Crippen molar-refractivity contribution < 1.29 is 0 Å². The van der Waals surface area contributed by atoms with Gasteiger partial charge in [-0.25, -0.2) is 0 Å². The Morgan fingerprint density at radius 2 is 2.12 bits per heavy atom. The number of rotatable bonds is 8. The van der Waals surface area contributed by atoms with E-state index in [1.54, 1.807) is 0 Å². The molecule has 1 heterocycles. The Balaban J connectivity index is 2.46. The second-order valence-electron chi connectivity index (χ2n) is 5.09. The first-order valence-electron chi connectivity index (χ1n) is 6.93. The van der Waals surface area contributed by atoms with Crippen LogP contribution >= 0.6 is 0 Å². The van der Waals surface area contributed by atoms with Gasteiger partial charge in [0.05, 0.1) is 6.20 Å². The topological polar surface area (TPSA) is 29.9 Å². The minimum atomic E-state index is 0.457. The highest BCUT2D eigenvalue weighted by molar-refractivity contribution is 5.10. The molecule has 98 valence electrons. The Bertz CT molecular complexity index is 304. The van der Waals surface area contributed by atoms with Crippen LogP contribution in [-0.4, -0.2) is 16.3 Å². The third-order valence-electron chi connectivity index (χ3n) is 3.08. The smallest absolute Gasteiger partial charge is 0.0537 e. The average molecular weight is 237 g/mol. The van der Waals surface area contributed by atoms with Gasteiger partial charge in [-0.2, -0.15) is 5.10 Å². The molecular weight excluding hydrogens is 210 g/mol. The van der Waals surface area contributed by atoms with Crippen LogP contribution in [0, 0.1) is 5.92 Å². The maximum atomic E-state index is 4.44.